The van der Waals surface area contributed by atoms with Gasteiger partial charge in [0.05, 0.1) is 12.5 Å². The first kappa shape index (κ1) is 22.2. The van der Waals surface area contributed by atoms with Crippen LogP contribution in [0.5, 0.6) is 0 Å². The molecule has 2 aromatic rings. The number of halogens is 2. The number of hydrogen-bond donors (Lipinski definition) is 0. The maximum absolute atomic E-state index is 13.9. The van der Waals surface area contributed by atoms with E-state index in [1.807, 2.05) is 37.9 Å². The van der Waals surface area contributed by atoms with Crippen molar-refractivity contribution in [2.45, 2.75) is 26.3 Å². The number of carbonyl (C=O) groups is 2. The third-order valence-corrected chi connectivity index (χ3v) is 6.10. The Bertz CT molecular complexity index is 973. The number of anilines is 1. The average molecular weight is 432 g/mol. The van der Waals surface area contributed by atoms with Gasteiger partial charge in [-0.25, -0.2) is 4.39 Å². The first-order valence-corrected chi connectivity index (χ1v) is 10.0. The van der Waals surface area contributed by atoms with Gasteiger partial charge < -0.3 is 14.7 Å². The standard InChI is InChI=1S/C23H26FN3O2.ClH/c1-15-11-19-20(12-16(15)2)23(29)27(18-6-4-5-17(24)13-18)21(19)14-22(28)26-9-7-25(3)8-10-26;/h4-6,11-13,21H,7-10,14H2,1-3H3;1H. The SMILES string of the molecule is Cc1cc2c(cc1C)C(CC(=O)N1CCN(C)CC1)N(c1cccc(F)c1)C2=O.Cl. The van der Waals surface area contributed by atoms with Crippen molar-refractivity contribution in [2.75, 3.05) is 38.1 Å². The van der Waals surface area contributed by atoms with Crippen molar-refractivity contribution in [3.8, 4) is 0 Å². The highest BCUT2D eigenvalue weighted by molar-refractivity contribution is 6.11. The Balaban J connectivity index is 0.00000256. The lowest BCUT2D eigenvalue weighted by molar-refractivity contribution is -0.133. The lowest BCUT2D eigenvalue weighted by atomic mass is 9.96. The number of benzene rings is 2. The summed E-state index contributed by atoms with van der Waals surface area (Å²) in [5.41, 5.74) is 4.05. The van der Waals surface area contributed by atoms with Gasteiger partial charge in [0.25, 0.3) is 5.91 Å². The minimum Gasteiger partial charge on any atom is -0.340 e. The van der Waals surface area contributed by atoms with Crippen molar-refractivity contribution in [3.63, 3.8) is 0 Å². The lowest BCUT2D eigenvalue weighted by Crippen LogP contribution is -2.47. The second-order valence-corrected chi connectivity index (χ2v) is 8.08. The van der Waals surface area contributed by atoms with Gasteiger partial charge >= 0.3 is 0 Å². The smallest absolute Gasteiger partial charge is 0.259 e. The highest BCUT2D eigenvalue weighted by atomic mass is 35.5. The molecule has 0 radical (unpaired) electrons. The van der Waals surface area contributed by atoms with Gasteiger partial charge in [0.2, 0.25) is 5.91 Å². The molecule has 0 bridgehead atoms. The number of amides is 2. The Hall–Kier alpha value is -2.44. The van der Waals surface area contributed by atoms with Crippen molar-refractivity contribution in [1.82, 2.24) is 9.80 Å². The number of aryl methyl sites for hydroxylation is 2. The molecule has 0 aliphatic carbocycles. The van der Waals surface area contributed by atoms with Crippen LogP contribution in [-0.2, 0) is 4.79 Å². The molecule has 30 heavy (non-hydrogen) atoms. The molecule has 160 valence electrons. The molecule has 0 spiro atoms. The largest absolute Gasteiger partial charge is 0.340 e. The van der Waals surface area contributed by atoms with E-state index in [1.54, 1.807) is 17.0 Å². The molecule has 1 saturated heterocycles. The zero-order chi connectivity index (χ0) is 20.7. The van der Waals surface area contributed by atoms with Gasteiger partial charge in [0, 0.05) is 37.4 Å². The monoisotopic (exact) mass is 431 g/mol. The Morgan fingerprint density at radius 1 is 1.07 bits per heavy atom. The van der Waals surface area contributed by atoms with E-state index >= 15 is 0 Å². The molecule has 1 unspecified atom stereocenters. The van der Waals surface area contributed by atoms with Gasteiger partial charge in [-0.3, -0.25) is 9.59 Å². The van der Waals surface area contributed by atoms with Crippen molar-refractivity contribution in [2.24, 2.45) is 0 Å². The summed E-state index contributed by atoms with van der Waals surface area (Å²) in [7, 11) is 2.05. The van der Waals surface area contributed by atoms with E-state index < -0.39 is 11.9 Å². The number of piperazine rings is 1. The number of carbonyl (C=O) groups excluding carboxylic acids is 2. The molecule has 1 fully saturated rings. The van der Waals surface area contributed by atoms with Crippen LogP contribution in [0.3, 0.4) is 0 Å². The summed E-state index contributed by atoms with van der Waals surface area (Å²) < 4.78 is 13.9. The van der Waals surface area contributed by atoms with Crippen LogP contribution >= 0.6 is 12.4 Å². The number of rotatable bonds is 3. The molecule has 2 aromatic carbocycles. The zero-order valence-corrected chi connectivity index (χ0v) is 18.3. The van der Waals surface area contributed by atoms with Crippen LogP contribution in [0.2, 0.25) is 0 Å². The lowest BCUT2D eigenvalue weighted by Gasteiger charge is -2.34. The molecule has 2 aliphatic heterocycles. The molecule has 0 N–H and O–H groups in total. The van der Waals surface area contributed by atoms with Crippen LogP contribution in [-0.4, -0.2) is 54.8 Å². The summed E-state index contributed by atoms with van der Waals surface area (Å²) in [6.07, 6.45) is 0.196. The van der Waals surface area contributed by atoms with E-state index in [0.29, 0.717) is 24.3 Å². The number of likely N-dealkylation sites (N-methyl/N-ethyl adjacent to an activating group) is 1. The molecular weight excluding hydrogens is 405 g/mol. The van der Waals surface area contributed by atoms with Crippen LogP contribution in [0.25, 0.3) is 0 Å². The Kier molecular flexibility index (Phi) is 6.48. The average Bonchev–Trinajstić information content (AvgIpc) is 2.94. The van der Waals surface area contributed by atoms with Crippen LogP contribution < -0.4 is 4.90 Å². The number of nitrogens with zero attached hydrogens (tertiary/aromatic N) is 3. The number of hydrogen-bond acceptors (Lipinski definition) is 3. The quantitative estimate of drug-likeness (QED) is 0.743. The van der Waals surface area contributed by atoms with Crippen molar-refractivity contribution >= 4 is 29.9 Å². The summed E-state index contributed by atoms with van der Waals surface area (Å²) in [6, 6.07) is 9.50. The predicted molar refractivity (Wildman–Crippen MR) is 118 cm³/mol. The van der Waals surface area contributed by atoms with Gasteiger partial charge in [0.1, 0.15) is 5.82 Å². The fourth-order valence-electron chi connectivity index (χ4n) is 4.18. The molecule has 0 saturated carbocycles. The number of fused-ring (bicyclic) bond motifs is 1. The zero-order valence-electron chi connectivity index (χ0n) is 17.5. The molecule has 7 heteroatoms. The van der Waals surface area contributed by atoms with E-state index in [9.17, 15) is 14.0 Å². The summed E-state index contributed by atoms with van der Waals surface area (Å²) in [5.74, 6) is -0.545. The Morgan fingerprint density at radius 3 is 2.40 bits per heavy atom. The minimum absolute atomic E-state index is 0. The minimum atomic E-state index is -0.425. The second kappa shape index (κ2) is 8.74. The fraction of sp³-hybridized carbons (Fsp3) is 0.391. The van der Waals surface area contributed by atoms with E-state index in [0.717, 1.165) is 29.8 Å². The first-order valence-electron chi connectivity index (χ1n) is 10.0. The van der Waals surface area contributed by atoms with Crippen molar-refractivity contribution in [1.29, 1.82) is 0 Å². The maximum atomic E-state index is 13.9. The Morgan fingerprint density at radius 2 is 1.73 bits per heavy atom. The fourth-order valence-corrected chi connectivity index (χ4v) is 4.18. The Labute approximate surface area is 182 Å². The van der Waals surface area contributed by atoms with Gasteiger partial charge in [-0.1, -0.05) is 12.1 Å². The van der Waals surface area contributed by atoms with Gasteiger partial charge in [-0.05, 0) is 61.9 Å². The van der Waals surface area contributed by atoms with Crippen LogP contribution in [0.1, 0.15) is 39.5 Å². The van der Waals surface area contributed by atoms with E-state index in [1.165, 1.54) is 12.1 Å². The summed E-state index contributed by atoms with van der Waals surface area (Å²) in [5, 5.41) is 0. The van der Waals surface area contributed by atoms with Gasteiger partial charge in [-0.2, -0.15) is 0 Å². The van der Waals surface area contributed by atoms with E-state index in [2.05, 4.69) is 4.90 Å². The van der Waals surface area contributed by atoms with Crippen molar-refractivity contribution < 1.29 is 14.0 Å². The van der Waals surface area contributed by atoms with Crippen LogP contribution in [0.4, 0.5) is 10.1 Å². The molecule has 2 amide bonds. The summed E-state index contributed by atoms with van der Waals surface area (Å²) in [6.45, 7) is 7.05. The highest BCUT2D eigenvalue weighted by Gasteiger charge is 2.40. The second-order valence-electron chi connectivity index (χ2n) is 8.08. The molecule has 1 atom stereocenters. The topological polar surface area (TPSA) is 43.9 Å². The van der Waals surface area contributed by atoms with Crippen molar-refractivity contribution in [3.05, 3.63) is 64.5 Å². The molecular formula is C23H27ClFN3O2. The predicted octanol–water partition coefficient (Wildman–Crippen LogP) is 3.73. The van der Waals surface area contributed by atoms with E-state index in [4.69, 9.17) is 0 Å². The van der Waals surface area contributed by atoms with Crippen LogP contribution in [0.15, 0.2) is 36.4 Å². The normalized spacial score (nSPS) is 18.9. The van der Waals surface area contributed by atoms with E-state index in [-0.39, 0.29) is 30.6 Å². The summed E-state index contributed by atoms with van der Waals surface area (Å²) >= 11 is 0. The molecule has 2 aliphatic rings. The van der Waals surface area contributed by atoms with Gasteiger partial charge in [0.15, 0.2) is 0 Å². The maximum Gasteiger partial charge on any atom is 0.259 e. The highest BCUT2D eigenvalue weighted by Crippen LogP contribution is 2.41. The summed E-state index contributed by atoms with van der Waals surface area (Å²) in [4.78, 5) is 32.0. The third-order valence-electron chi connectivity index (χ3n) is 6.10. The molecule has 2 heterocycles. The van der Waals surface area contributed by atoms with Crippen LogP contribution in [0, 0.1) is 19.7 Å². The first-order chi connectivity index (χ1) is 13.8. The van der Waals surface area contributed by atoms with Gasteiger partial charge in [-0.15, -0.1) is 12.4 Å². The third kappa shape index (κ3) is 4.07. The molecule has 4 rings (SSSR count). The molecule has 5 nitrogen and oxygen atoms in total. The molecule has 0 aromatic heterocycles.